The van der Waals surface area contributed by atoms with Gasteiger partial charge in [0.25, 0.3) is 5.91 Å². The molecule has 0 radical (unpaired) electrons. The highest BCUT2D eigenvalue weighted by atomic mass is 35.5. The van der Waals surface area contributed by atoms with Gasteiger partial charge < -0.3 is 10.4 Å². The largest absolute Gasteiger partial charge is 0.384 e. The molecular formula is C14H11ClN2O2S. The molecule has 2 N–H and O–H groups in total. The van der Waals surface area contributed by atoms with Gasteiger partial charge in [-0.2, -0.15) is 0 Å². The number of hydrogen-bond acceptors (Lipinski definition) is 4. The van der Waals surface area contributed by atoms with Crippen LogP contribution < -0.4 is 5.32 Å². The molecule has 20 heavy (non-hydrogen) atoms. The van der Waals surface area contributed by atoms with Gasteiger partial charge in [-0.15, -0.1) is 11.3 Å². The molecule has 0 aliphatic carbocycles. The van der Waals surface area contributed by atoms with Crippen LogP contribution in [-0.2, 0) is 0 Å². The lowest BCUT2D eigenvalue weighted by Crippen LogP contribution is -2.13. The number of rotatable bonds is 2. The van der Waals surface area contributed by atoms with Crippen LogP contribution >= 0.6 is 22.9 Å². The SMILES string of the molecule is Cc1nc(C(=O)Nc2ccc(Cl)cc2C#CCO)cs1. The molecule has 1 heterocycles. The summed E-state index contributed by atoms with van der Waals surface area (Å²) in [5, 5.41) is 14.5. The zero-order chi connectivity index (χ0) is 14.5. The van der Waals surface area contributed by atoms with Crippen molar-refractivity contribution in [1.82, 2.24) is 4.98 Å². The number of hydrogen-bond donors (Lipinski definition) is 2. The predicted molar refractivity (Wildman–Crippen MR) is 80.2 cm³/mol. The first-order chi connectivity index (χ1) is 9.60. The summed E-state index contributed by atoms with van der Waals surface area (Å²) in [4.78, 5) is 16.2. The summed E-state index contributed by atoms with van der Waals surface area (Å²) in [5.74, 6) is 4.98. The summed E-state index contributed by atoms with van der Waals surface area (Å²) >= 11 is 7.31. The van der Waals surface area contributed by atoms with Crippen molar-refractivity contribution in [2.75, 3.05) is 11.9 Å². The van der Waals surface area contributed by atoms with Crippen molar-refractivity contribution in [3.63, 3.8) is 0 Å². The number of anilines is 1. The molecule has 1 amide bonds. The Morgan fingerprint density at radius 2 is 2.35 bits per heavy atom. The molecule has 1 aromatic carbocycles. The molecule has 6 heteroatoms. The standard InChI is InChI=1S/C14H11ClN2O2S/c1-9-16-13(8-20-9)14(19)17-12-5-4-11(15)7-10(12)3-2-6-18/h4-5,7-8,18H,6H2,1H3,(H,17,19). The molecule has 2 aromatic rings. The molecule has 0 aliphatic rings. The molecule has 0 atom stereocenters. The van der Waals surface area contributed by atoms with Gasteiger partial charge in [-0.3, -0.25) is 4.79 Å². The van der Waals surface area contributed by atoms with Gasteiger partial charge in [-0.1, -0.05) is 23.4 Å². The summed E-state index contributed by atoms with van der Waals surface area (Å²) in [6.07, 6.45) is 0. The Kier molecular flexibility index (Phi) is 4.74. The number of aliphatic hydroxyl groups is 1. The van der Waals surface area contributed by atoms with E-state index in [2.05, 4.69) is 22.1 Å². The topological polar surface area (TPSA) is 62.2 Å². The van der Waals surface area contributed by atoms with Crippen LogP contribution in [0.2, 0.25) is 5.02 Å². The van der Waals surface area contributed by atoms with Crippen LogP contribution in [0.1, 0.15) is 21.1 Å². The van der Waals surface area contributed by atoms with Gasteiger partial charge in [-0.05, 0) is 25.1 Å². The van der Waals surface area contributed by atoms with Crippen molar-refractivity contribution in [3.05, 3.63) is 44.9 Å². The monoisotopic (exact) mass is 306 g/mol. The maximum atomic E-state index is 12.0. The van der Waals surface area contributed by atoms with Crippen molar-refractivity contribution in [3.8, 4) is 11.8 Å². The number of carbonyl (C=O) groups excluding carboxylic acids is 1. The van der Waals surface area contributed by atoms with Gasteiger partial charge in [0, 0.05) is 16.0 Å². The van der Waals surface area contributed by atoms with E-state index >= 15 is 0 Å². The van der Waals surface area contributed by atoms with Crippen LogP contribution in [0.25, 0.3) is 0 Å². The third kappa shape index (κ3) is 3.58. The number of carbonyl (C=O) groups is 1. The lowest BCUT2D eigenvalue weighted by molar-refractivity contribution is 0.102. The molecule has 0 fully saturated rings. The fourth-order valence-corrected chi connectivity index (χ4v) is 2.28. The maximum absolute atomic E-state index is 12.0. The van der Waals surface area contributed by atoms with Crippen molar-refractivity contribution < 1.29 is 9.90 Å². The van der Waals surface area contributed by atoms with Crippen molar-refractivity contribution in [1.29, 1.82) is 0 Å². The van der Waals surface area contributed by atoms with Crippen LogP contribution in [0, 0.1) is 18.8 Å². The summed E-state index contributed by atoms with van der Waals surface area (Å²) in [6.45, 7) is 1.58. The number of nitrogens with one attached hydrogen (secondary N) is 1. The Morgan fingerprint density at radius 3 is 3.00 bits per heavy atom. The molecule has 4 nitrogen and oxygen atoms in total. The molecule has 0 saturated carbocycles. The highest BCUT2D eigenvalue weighted by Crippen LogP contribution is 2.21. The lowest BCUT2D eigenvalue weighted by Gasteiger charge is -2.06. The molecular weight excluding hydrogens is 296 g/mol. The number of benzene rings is 1. The van der Waals surface area contributed by atoms with E-state index in [-0.39, 0.29) is 12.5 Å². The first-order valence-electron chi connectivity index (χ1n) is 5.73. The summed E-state index contributed by atoms with van der Waals surface area (Å²) in [5.41, 5.74) is 1.45. The van der Waals surface area contributed by atoms with E-state index in [9.17, 15) is 4.79 Å². The number of aromatic nitrogens is 1. The summed E-state index contributed by atoms with van der Waals surface area (Å²) in [6, 6.07) is 4.96. The quantitative estimate of drug-likeness (QED) is 0.839. The Morgan fingerprint density at radius 1 is 1.55 bits per heavy atom. The molecule has 0 saturated heterocycles. The minimum atomic E-state index is -0.302. The first kappa shape index (κ1) is 14.5. The Bertz CT molecular complexity index is 701. The zero-order valence-corrected chi connectivity index (χ0v) is 12.2. The fourth-order valence-electron chi connectivity index (χ4n) is 1.52. The van der Waals surface area contributed by atoms with Gasteiger partial charge in [0.2, 0.25) is 0 Å². The molecule has 0 unspecified atom stereocenters. The van der Waals surface area contributed by atoms with Crippen LogP contribution in [0.15, 0.2) is 23.6 Å². The van der Waals surface area contributed by atoms with E-state index in [4.69, 9.17) is 16.7 Å². The summed E-state index contributed by atoms with van der Waals surface area (Å²) in [7, 11) is 0. The number of amides is 1. The van der Waals surface area contributed by atoms with Crippen LogP contribution in [0.4, 0.5) is 5.69 Å². The molecule has 0 bridgehead atoms. The van der Waals surface area contributed by atoms with Gasteiger partial charge in [-0.25, -0.2) is 4.98 Å². The Labute approximate surface area is 125 Å². The number of thiazole rings is 1. The molecule has 0 spiro atoms. The normalized spacial score (nSPS) is 9.75. The van der Waals surface area contributed by atoms with Crippen molar-refractivity contribution >= 4 is 34.5 Å². The predicted octanol–water partition coefficient (Wildman–Crippen LogP) is 2.70. The number of aryl methyl sites for hydroxylation is 1. The average Bonchev–Trinajstić information content (AvgIpc) is 2.85. The Hall–Kier alpha value is -1.87. The average molecular weight is 307 g/mol. The second-order valence-corrected chi connectivity index (χ2v) is 5.35. The number of aliphatic hydroxyl groups excluding tert-OH is 1. The van der Waals surface area contributed by atoms with Gasteiger partial charge in [0.05, 0.1) is 10.7 Å². The van der Waals surface area contributed by atoms with E-state index in [1.54, 1.807) is 23.6 Å². The highest BCUT2D eigenvalue weighted by Gasteiger charge is 2.11. The second-order valence-electron chi connectivity index (χ2n) is 3.86. The third-order valence-electron chi connectivity index (χ3n) is 2.38. The summed E-state index contributed by atoms with van der Waals surface area (Å²) < 4.78 is 0. The smallest absolute Gasteiger partial charge is 0.275 e. The van der Waals surface area contributed by atoms with Crippen LogP contribution in [0.5, 0.6) is 0 Å². The van der Waals surface area contributed by atoms with Gasteiger partial charge >= 0.3 is 0 Å². The van der Waals surface area contributed by atoms with E-state index < -0.39 is 0 Å². The van der Waals surface area contributed by atoms with Crippen molar-refractivity contribution in [2.45, 2.75) is 6.92 Å². The number of nitrogens with zero attached hydrogens (tertiary/aromatic N) is 1. The maximum Gasteiger partial charge on any atom is 0.275 e. The zero-order valence-electron chi connectivity index (χ0n) is 10.6. The van der Waals surface area contributed by atoms with Gasteiger partial charge in [0.1, 0.15) is 12.3 Å². The van der Waals surface area contributed by atoms with Gasteiger partial charge in [0.15, 0.2) is 0 Å². The van der Waals surface area contributed by atoms with E-state index in [0.717, 1.165) is 5.01 Å². The molecule has 1 aromatic heterocycles. The molecule has 0 aliphatic heterocycles. The third-order valence-corrected chi connectivity index (χ3v) is 3.39. The lowest BCUT2D eigenvalue weighted by atomic mass is 10.1. The van der Waals surface area contributed by atoms with E-state index in [0.29, 0.717) is 22.0 Å². The molecule has 2 rings (SSSR count). The fraction of sp³-hybridized carbons (Fsp3) is 0.143. The minimum absolute atomic E-state index is 0.259. The minimum Gasteiger partial charge on any atom is -0.384 e. The van der Waals surface area contributed by atoms with Crippen LogP contribution in [0.3, 0.4) is 0 Å². The molecule has 102 valence electrons. The van der Waals surface area contributed by atoms with Crippen molar-refractivity contribution in [2.24, 2.45) is 0 Å². The Balaban J connectivity index is 2.26. The number of halogens is 1. The highest BCUT2D eigenvalue weighted by molar-refractivity contribution is 7.09. The first-order valence-corrected chi connectivity index (χ1v) is 6.98. The second kappa shape index (κ2) is 6.53. The van der Waals surface area contributed by atoms with E-state index in [1.165, 1.54) is 11.3 Å². The van der Waals surface area contributed by atoms with Crippen LogP contribution in [-0.4, -0.2) is 22.6 Å². The van der Waals surface area contributed by atoms with E-state index in [1.807, 2.05) is 6.92 Å².